The number of nitrogens with one attached hydrogen (secondary N) is 2. The van der Waals surface area contributed by atoms with E-state index in [1.807, 2.05) is 49.6 Å². The van der Waals surface area contributed by atoms with Gasteiger partial charge >= 0.3 is 0 Å². The molecule has 0 amide bonds. The van der Waals surface area contributed by atoms with Gasteiger partial charge in [0.05, 0.1) is 5.75 Å². The highest BCUT2D eigenvalue weighted by molar-refractivity contribution is 7.89. The predicted octanol–water partition coefficient (Wildman–Crippen LogP) is 3.22. The summed E-state index contributed by atoms with van der Waals surface area (Å²) >= 11 is 0. The normalized spacial score (nSPS) is 11.7. The summed E-state index contributed by atoms with van der Waals surface area (Å²) in [4.78, 5) is 19.3. The maximum atomic E-state index is 12.3. The van der Waals surface area contributed by atoms with Gasteiger partial charge in [0.1, 0.15) is 11.3 Å². The third kappa shape index (κ3) is 3.93. The molecule has 0 aliphatic carbocycles. The lowest BCUT2D eigenvalue weighted by Crippen LogP contribution is -2.07. The van der Waals surface area contributed by atoms with Crippen molar-refractivity contribution in [2.24, 2.45) is 7.05 Å². The molecule has 0 spiro atoms. The van der Waals surface area contributed by atoms with E-state index in [-0.39, 0.29) is 11.3 Å². The Morgan fingerprint density at radius 3 is 2.69 bits per heavy atom. The van der Waals surface area contributed by atoms with Crippen LogP contribution in [0.3, 0.4) is 0 Å². The molecule has 4 rings (SSSR count). The summed E-state index contributed by atoms with van der Waals surface area (Å²) in [5, 5.41) is 4.08. The molecule has 0 aliphatic heterocycles. The zero-order valence-corrected chi connectivity index (χ0v) is 16.8. The van der Waals surface area contributed by atoms with Gasteiger partial charge in [-0.05, 0) is 35.9 Å². The van der Waals surface area contributed by atoms with Crippen LogP contribution in [0.2, 0.25) is 0 Å². The number of sulfone groups is 1. The topological polar surface area (TPSA) is 96.8 Å². The summed E-state index contributed by atoms with van der Waals surface area (Å²) < 4.78 is 25.4. The van der Waals surface area contributed by atoms with Crippen molar-refractivity contribution in [3.05, 3.63) is 77.0 Å². The van der Waals surface area contributed by atoms with E-state index < -0.39 is 9.84 Å². The fourth-order valence-corrected chi connectivity index (χ4v) is 4.26. The smallest absolute Gasteiger partial charge is 0.272 e. The minimum absolute atomic E-state index is 0.0603. The second-order valence-corrected chi connectivity index (χ2v) is 9.15. The molecule has 3 heterocycles. The van der Waals surface area contributed by atoms with Gasteiger partial charge in [0, 0.05) is 54.1 Å². The summed E-state index contributed by atoms with van der Waals surface area (Å²) in [7, 11) is -1.37. The highest BCUT2D eigenvalue weighted by Crippen LogP contribution is 2.36. The number of hydrogen-bond acceptors (Lipinski definition) is 5. The molecule has 0 fully saturated rings. The number of nitrogens with zero attached hydrogens (tertiary/aromatic N) is 2. The minimum atomic E-state index is -3.18. The van der Waals surface area contributed by atoms with E-state index in [2.05, 4.69) is 15.3 Å². The maximum absolute atomic E-state index is 12.3. The number of benzene rings is 1. The second-order valence-electron chi connectivity index (χ2n) is 7.01. The zero-order chi connectivity index (χ0) is 20.6. The Kier molecular flexibility index (Phi) is 4.71. The Morgan fingerprint density at radius 2 is 1.97 bits per heavy atom. The number of aromatic amines is 1. The van der Waals surface area contributed by atoms with E-state index in [0.717, 1.165) is 22.2 Å². The van der Waals surface area contributed by atoms with Crippen LogP contribution in [0.1, 0.15) is 5.56 Å². The quantitative estimate of drug-likeness (QED) is 0.529. The highest BCUT2D eigenvalue weighted by Gasteiger charge is 2.16. The molecule has 29 heavy (non-hydrogen) atoms. The molecule has 3 aromatic heterocycles. The number of hydrogen-bond donors (Lipinski definition) is 2. The van der Waals surface area contributed by atoms with Crippen LogP contribution in [0.25, 0.3) is 22.0 Å². The van der Waals surface area contributed by atoms with E-state index in [4.69, 9.17) is 0 Å². The first-order valence-electron chi connectivity index (χ1n) is 8.97. The molecule has 0 radical (unpaired) electrons. The number of fused-ring (bicyclic) bond motifs is 1. The van der Waals surface area contributed by atoms with Gasteiger partial charge in [-0.15, -0.1) is 0 Å². The largest absolute Gasteiger partial charge is 0.345 e. The summed E-state index contributed by atoms with van der Waals surface area (Å²) in [6.07, 6.45) is 6.39. The summed E-state index contributed by atoms with van der Waals surface area (Å²) in [6.45, 7) is 0. The average Bonchev–Trinajstić information content (AvgIpc) is 3.00. The van der Waals surface area contributed by atoms with Crippen LogP contribution < -0.4 is 10.9 Å². The van der Waals surface area contributed by atoms with E-state index in [0.29, 0.717) is 16.9 Å². The van der Waals surface area contributed by atoms with E-state index in [9.17, 15) is 13.2 Å². The molecule has 4 aromatic rings. The predicted molar refractivity (Wildman–Crippen MR) is 115 cm³/mol. The van der Waals surface area contributed by atoms with Gasteiger partial charge in [-0.1, -0.05) is 12.1 Å². The monoisotopic (exact) mass is 408 g/mol. The summed E-state index contributed by atoms with van der Waals surface area (Å²) in [5.41, 5.74) is 3.46. The molecule has 0 saturated carbocycles. The zero-order valence-electron chi connectivity index (χ0n) is 16.0. The van der Waals surface area contributed by atoms with Crippen LogP contribution in [0.4, 0.5) is 11.5 Å². The van der Waals surface area contributed by atoms with E-state index in [1.165, 1.54) is 6.26 Å². The number of rotatable bonds is 5. The first-order chi connectivity index (χ1) is 13.8. The fourth-order valence-electron chi connectivity index (χ4n) is 3.47. The molecule has 0 bridgehead atoms. The SMILES string of the molecule is Cn1cc(-c2cc(CS(C)(=O)=O)ccc2Nc2ccccn2)c2cc[nH]c(=O)c21. The second kappa shape index (κ2) is 7.21. The molecular formula is C21H20N4O3S. The van der Waals surface area contributed by atoms with Crippen LogP contribution >= 0.6 is 0 Å². The molecule has 7 nitrogen and oxygen atoms in total. The molecular weight excluding hydrogens is 388 g/mol. The lowest BCUT2D eigenvalue weighted by Gasteiger charge is -2.13. The standard InChI is InChI=1S/C21H20N4O3S/c1-25-12-17(15-8-10-23-21(26)20(15)25)16-11-14(13-29(2,27)28)6-7-18(16)24-19-5-3-4-9-22-19/h3-12H,13H2,1-2H3,(H,22,24)(H,23,26). The van der Waals surface area contributed by atoms with Crippen molar-refractivity contribution in [3.63, 3.8) is 0 Å². The van der Waals surface area contributed by atoms with Crippen molar-refractivity contribution in [1.29, 1.82) is 0 Å². The van der Waals surface area contributed by atoms with Gasteiger partial charge in [-0.3, -0.25) is 4.79 Å². The van der Waals surface area contributed by atoms with Crippen molar-refractivity contribution in [1.82, 2.24) is 14.5 Å². The van der Waals surface area contributed by atoms with Gasteiger partial charge in [0.25, 0.3) is 5.56 Å². The van der Waals surface area contributed by atoms with Crippen molar-refractivity contribution >= 4 is 32.2 Å². The van der Waals surface area contributed by atoms with Crippen molar-refractivity contribution in [2.45, 2.75) is 5.75 Å². The van der Waals surface area contributed by atoms with E-state index >= 15 is 0 Å². The third-order valence-corrected chi connectivity index (χ3v) is 5.49. The van der Waals surface area contributed by atoms with Gasteiger partial charge < -0.3 is 14.9 Å². The Bertz CT molecular complexity index is 1360. The van der Waals surface area contributed by atoms with Gasteiger partial charge in [0.15, 0.2) is 9.84 Å². The van der Waals surface area contributed by atoms with Gasteiger partial charge in [-0.2, -0.15) is 0 Å². The van der Waals surface area contributed by atoms with Crippen molar-refractivity contribution in [3.8, 4) is 11.1 Å². The third-order valence-electron chi connectivity index (χ3n) is 4.63. The first kappa shape index (κ1) is 18.9. The number of pyridine rings is 2. The molecule has 0 saturated heterocycles. The number of aryl methyl sites for hydroxylation is 1. The summed E-state index contributed by atoms with van der Waals surface area (Å²) in [5.74, 6) is 0.609. The minimum Gasteiger partial charge on any atom is -0.345 e. The molecule has 0 unspecified atom stereocenters. The molecule has 2 N–H and O–H groups in total. The molecule has 0 atom stereocenters. The lowest BCUT2D eigenvalue weighted by molar-refractivity contribution is 0.601. The number of H-pyrrole nitrogens is 1. The first-order valence-corrected chi connectivity index (χ1v) is 11.0. The Balaban J connectivity index is 1.93. The Labute approximate surface area is 168 Å². The van der Waals surface area contributed by atoms with Crippen LogP contribution in [0.15, 0.2) is 65.8 Å². The van der Waals surface area contributed by atoms with E-state index in [1.54, 1.807) is 23.0 Å². The molecule has 8 heteroatoms. The molecule has 148 valence electrons. The average molecular weight is 408 g/mol. The van der Waals surface area contributed by atoms with Crippen molar-refractivity contribution in [2.75, 3.05) is 11.6 Å². The fraction of sp³-hybridized carbons (Fsp3) is 0.143. The highest BCUT2D eigenvalue weighted by atomic mass is 32.2. The van der Waals surface area contributed by atoms with Crippen molar-refractivity contribution < 1.29 is 8.42 Å². The van der Waals surface area contributed by atoms with Gasteiger partial charge in [0.2, 0.25) is 0 Å². The lowest BCUT2D eigenvalue weighted by atomic mass is 10.0. The van der Waals surface area contributed by atoms with Crippen LogP contribution in [0.5, 0.6) is 0 Å². The van der Waals surface area contributed by atoms with Gasteiger partial charge in [-0.25, -0.2) is 13.4 Å². The van der Waals surface area contributed by atoms with Crippen LogP contribution in [-0.4, -0.2) is 29.2 Å². The summed E-state index contributed by atoms with van der Waals surface area (Å²) in [6, 6.07) is 12.9. The van der Waals surface area contributed by atoms with Crippen LogP contribution in [-0.2, 0) is 22.6 Å². The maximum Gasteiger partial charge on any atom is 0.272 e. The Morgan fingerprint density at radius 1 is 1.14 bits per heavy atom. The number of aromatic nitrogens is 3. The van der Waals surface area contributed by atoms with Crippen LogP contribution in [0, 0.1) is 0 Å². The number of anilines is 2. The Hall–Kier alpha value is -3.39. The molecule has 1 aromatic carbocycles. The molecule has 0 aliphatic rings.